The Hall–Kier alpha value is -1.61. The highest BCUT2D eigenvalue weighted by Gasteiger charge is 2.11. The first-order valence-electron chi connectivity index (χ1n) is 19.6. The third-order valence-electron chi connectivity index (χ3n) is 8.75. The average Bonchev–Trinajstić information content (AvgIpc) is 3.03. The Labute approximate surface area is 282 Å². The van der Waals surface area contributed by atoms with Crippen molar-refractivity contribution in [3.05, 3.63) is 48.6 Å². The quantitative estimate of drug-likeness (QED) is 0.0569. The molecule has 1 amide bonds. The molecule has 1 unspecified atom stereocenters. The number of rotatable bonds is 34. The predicted molar refractivity (Wildman–Crippen MR) is 203 cm³/mol. The van der Waals surface area contributed by atoms with Gasteiger partial charge in [0.15, 0.2) is 0 Å². The third kappa shape index (κ3) is 36.7. The van der Waals surface area contributed by atoms with Gasteiger partial charge in [-0.15, -0.1) is 0 Å². The number of unbranched alkanes of at least 4 members (excludes halogenated alkanes) is 17. The van der Waals surface area contributed by atoms with Crippen molar-refractivity contribution in [2.75, 3.05) is 27.2 Å². The van der Waals surface area contributed by atoms with E-state index in [-0.39, 0.29) is 5.91 Å². The summed E-state index contributed by atoms with van der Waals surface area (Å²) in [6, 6.07) is 0. The van der Waals surface area contributed by atoms with Crippen LogP contribution in [0.4, 0.5) is 0 Å². The van der Waals surface area contributed by atoms with Crippen LogP contribution in [-0.4, -0.2) is 38.0 Å². The summed E-state index contributed by atoms with van der Waals surface area (Å²) >= 11 is 0. The van der Waals surface area contributed by atoms with E-state index in [1.165, 1.54) is 148 Å². The van der Waals surface area contributed by atoms with Crippen LogP contribution in [0.5, 0.6) is 0 Å². The highest BCUT2D eigenvalue weighted by molar-refractivity contribution is 5.76. The van der Waals surface area contributed by atoms with Gasteiger partial charge in [-0.1, -0.05) is 146 Å². The maximum atomic E-state index is 12.3. The van der Waals surface area contributed by atoms with Crippen molar-refractivity contribution in [3.63, 3.8) is 0 Å². The number of hydrogen-bond acceptors (Lipinski definition) is 2. The van der Waals surface area contributed by atoms with Crippen LogP contribution in [-0.2, 0) is 4.79 Å². The zero-order valence-corrected chi connectivity index (χ0v) is 30.9. The zero-order valence-electron chi connectivity index (χ0n) is 30.9. The van der Waals surface area contributed by atoms with Crippen molar-refractivity contribution in [2.45, 2.75) is 181 Å². The largest absolute Gasteiger partial charge is 0.356 e. The van der Waals surface area contributed by atoms with Gasteiger partial charge in [0.1, 0.15) is 0 Å². The summed E-state index contributed by atoms with van der Waals surface area (Å²) in [5, 5.41) is 3.26. The molecule has 0 saturated carbocycles. The van der Waals surface area contributed by atoms with Crippen LogP contribution in [0.25, 0.3) is 0 Å². The van der Waals surface area contributed by atoms with E-state index in [0.717, 1.165) is 25.9 Å². The minimum absolute atomic E-state index is 0.214. The number of nitrogens with one attached hydrogen (secondary N) is 1. The molecule has 0 aliphatic rings. The molecule has 0 aliphatic carbocycles. The SMILES string of the molecule is CCCCC/C=C\C/C=C\CCCCCCCCC(CCCCCCC/C=C/C/C=C\CCCCC)CNC(=O)CCN(C)C. The van der Waals surface area contributed by atoms with E-state index in [4.69, 9.17) is 0 Å². The van der Waals surface area contributed by atoms with Gasteiger partial charge >= 0.3 is 0 Å². The van der Waals surface area contributed by atoms with Gasteiger partial charge in [0.2, 0.25) is 5.91 Å². The molecule has 0 aromatic rings. The monoisotopic (exact) mass is 627 g/mol. The molecular weight excluding hydrogens is 548 g/mol. The van der Waals surface area contributed by atoms with Crippen molar-refractivity contribution >= 4 is 5.91 Å². The molecule has 45 heavy (non-hydrogen) atoms. The first-order valence-corrected chi connectivity index (χ1v) is 19.6. The van der Waals surface area contributed by atoms with Crippen LogP contribution < -0.4 is 5.32 Å². The Morgan fingerprint density at radius 1 is 0.533 bits per heavy atom. The van der Waals surface area contributed by atoms with E-state index in [9.17, 15) is 4.79 Å². The van der Waals surface area contributed by atoms with E-state index in [2.05, 4.69) is 72.7 Å². The Kier molecular flexibility index (Phi) is 35.5. The van der Waals surface area contributed by atoms with Crippen molar-refractivity contribution in [1.29, 1.82) is 0 Å². The van der Waals surface area contributed by atoms with Gasteiger partial charge in [0.25, 0.3) is 0 Å². The molecule has 1 N–H and O–H groups in total. The number of carbonyl (C=O) groups is 1. The summed E-state index contributed by atoms with van der Waals surface area (Å²) in [6.07, 6.45) is 51.7. The molecule has 0 bridgehead atoms. The minimum Gasteiger partial charge on any atom is -0.356 e. The third-order valence-corrected chi connectivity index (χ3v) is 8.75. The van der Waals surface area contributed by atoms with E-state index in [1.807, 2.05) is 14.1 Å². The second kappa shape index (κ2) is 36.9. The second-order valence-electron chi connectivity index (χ2n) is 13.6. The van der Waals surface area contributed by atoms with Crippen LogP contribution in [0.1, 0.15) is 181 Å². The van der Waals surface area contributed by atoms with Gasteiger partial charge in [-0.05, 0) is 97.1 Å². The number of allylic oxidation sites excluding steroid dienone is 8. The molecule has 0 spiro atoms. The highest BCUT2D eigenvalue weighted by Crippen LogP contribution is 2.19. The fraction of sp³-hybridized carbons (Fsp3) is 0.786. The molecule has 0 radical (unpaired) electrons. The van der Waals surface area contributed by atoms with Gasteiger partial charge in [0.05, 0.1) is 0 Å². The highest BCUT2D eigenvalue weighted by atomic mass is 16.1. The molecule has 3 heteroatoms. The second-order valence-corrected chi connectivity index (χ2v) is 13.6. The number of nitrogens with zero attached hydrogens (tertiary/aromatic N) is 1. The summed E-state index contributed by atoms with van der Waals surface area (Å²) in [5.41, 5.74) is 0. The van der Waals surface area contributed by atoms with Crippen LogP contribution in [0, 0.1) is 5.92 Å². The molecule has 0 aromatic carbocycles. The van der Waals surface area contributed by atoms with Crippen LogP contribution in [0.15, 0.2) is 48.6 Å². The first-order chi connectivity index (χ1) is 22.1. The first kappa shape index (κ1) is 43.4. The Balaban J connectivity index is 4.02. The molecule has 0 fully saturated rings. The number of amides is 1. The van der Waals surface area contributed by atoms with E-state index in [0.29, 0.717) is 12.3 Å². The maximum Gasteiger partial charge on any atom is 0.221 e. The molecule has 1 atom stereocenters. The van der Waals surface area contributed by atoms with Crippen LogP contribution >= 0.6 is 0 Å². The van der Waals surface area contributed by atoms with Crippen LogP contribution in [0.3, 0.4) is 0 Å². The Bertz CT molecular complexity index is 720. The van der Waals surface area contributed by atoms with Crippen LogP contribution in [0.2, 0.25) is 0 Å². The summed E-state index contributed by atoms with van der Waals surface area (Å²) in [5.74, 6) is 0.850. The molecule has 0 rings (SSSR count). The van der Waals surface area contributed by atoms with Crippen molar-refractivity contribution in [2.24, 2.45) is 5.92 Å². The van der Waals surface area contributed by atoms with Gasteiger partial charge in [0, 0.05) is 19.5 Å². The lowest BCUT2D eigenvalue weighted by Gasteiger charge is -2.18. The summed E-state index contributed by atoms with van der Waals surface area (Å²) in [4.78, 5) is 14.4. The van der Waals surface area contributed by atoms with Gasteiger partial charge in [-0.3, -0.25) is 4.79 Å². The normalized spacial score (nSPS) is 13.0. The van der Waals surface area contributed by atoms with E-state index in [1.54, 1.807) is 0 Å². The number of hydrogen-bond donors (Lipinski definition) is 1. The molecule has 0 heterocycles. The summed E-state index contributed by atoms with van der Waals surface area (Å²) in [7, 11) is 4.07. The topological polar surface area (TPSA) is 32.3 Å². The predicted octanol–water partition coefficient (Wildman–Crippen LogP) is 12.7. The molecule has 3 nitrogen and oxygen atoms in total. The average molecular weight is 627 g/mol. The van der Waals surface area contributed by atoms with Crippen molar-refractivity contribution < 1.29 is 4.79 Å². The van der Waals surface area contributed by atoms with Gasteiger partial charge in [-0.25, -0.2) is 0 Å². The summed E-state index contributed by atoms with van der Waals surface area (Å²) < 4.78 is 0. The van der Waals surface area contributed by atoms with Gasteiger partial charge in [-0.2, -0.15) is 0 Å². The Morgan fingerprint density at radius 3 is 1.31 bits per heavy atom. The lowest BCUT2D eigenvalue weighted by Crippen LogP contribution is -2.31. The van der Waals surface area contributed by atoms with E-state index < -0.39 is 0 Å². The fourth-order valence-corrected chi connectivity index (χ4v) is 5.69. The smallest absolute Gasteiger partial charge is 0.221 e. The summed E-state index contributed by atoms with van der Waals surface area (Å²) in [6.45, 7) is 6.22. The lowest BCUT2D eigenvalue weighted by molar-refractivity contribution is -0.121. The maximum absolute atomic E-state index is 12.3. The molecule has 262 valence electrons. The molecule has 0 aliphatic heterocycles. The van der Waals surface area contributed by atoms with Crippen molar-refractivity contribution in [3.8, 4) is 0 Å². The molecule has 0 aromatic heterocycles. The molecular formula is C42H78N2O. The fourth-order valence-electron chi connectivity index (χ4n) is 5.69. The number of carbonyl (C=O) groups excluding carboxylic acids is 1. The zero-order chi connectivity index (χ0) is 32.9. The van der Waals surface area contributed by atoms with Crippen molar-refractivity contribution in [1.82, 2.24) is 10.2 Å². The lowest BCUT2D eigenvalue weighted by atomic mass is 9.94. The van der Waals surface area contributed by atoms with E-state index >= 15 is 0 Å². The standard InChI is InChI=1S/C42H78N2O/c1-5-7-9-11-13-15-17-19-21-23-25-27-29-31-33-35-37-41(40-43-42(45)38-39-44(3)4)36-34-32-30-28-26-24-22-20-18-16-14-12-10-8-6-2/h13-16,19-22,41H,5-12,17-18,23-40H2,1-4H3,(H,43,45)/b15-13-,16-14-,21-19-,22-20+. The molecule has 0 saturated heterocycles. The Morgan fingerprint density at radius 2 is 0.911 bits per heavy atom. The minimum atomic E-state index is 0.214. The van der Waals surface area contributed by atoms with Gasteiger partial charge < -0.3 is 10.2 Å².